The Morgan fingerprint density at radius 2 is 1.71 bits per heavy atom. The molecule has 0 spiro atoms. The molecule has 2 rings (SSSR count). The monoisotopic (exact) mass is 315 g/mol. The van der Waals surface area contributed by atoms with Crippen molar-refractivity contribution in [2.75, 3.05) is 0 Å². The molecule has 1 aliphatic carbocycles. The zero-order valence-corrected chi connectivity index (χ0v) is 12.7. The number of aryl methyl sites for hydroxylation is 1. The molecular formula is C14H21NO5S. The summed E-state index contributed by atoms with van der Waals surface area (Å²) in [5, 5.41) is 8.63. The van der Waals surface area contributed by atoms with Gasteiger partial charge in [-0.05, 0) is 31.9 Å². The minimum atomic E-state index is -4.02. The number of carboxylic acids is 1. The van der Waals surface area contributed by atoms with Gasteiger partial charge in [0.05, 0.1) is 10.8 Å². The van der Waals surface area contributed by atoms with Gasteiger partial charge >= 0.3 is 5.97 Å². The van der Waals surface area contributed by atoms with Gasteiger partial charge in [-0.25, -0.2) is 0 Å². The van der Waals surface area contributed by atoms with Crippen LogP contribution in [0.15, 0.2) is 29.2 Å². The molecule has 1 fully saturated rings. The SMILES string of the molecule is Cc1ccc(S(=O)(=O)O)cc1.NC1CCCCC1C(=O)O. The second-order valence-electron chi connectivity index (χ2n) is 5.18. The van der Waals surface area contributed by atoms with Crippen molar-refractivity contribution in [2.45, 2.75) is 43.5 Å². The zero-order chi connectivity index (χ0) is 16.0. The van der Waals surface area contributed by atoms with Crippen LogP contribution in [0.5, 0.6) is 0 Å². The molecule has 118 valence electrons. The topological polar surface area (TPSA) is 118 Å². The van der Waals surface area contributed by atoms with E-state index in [1.165, 1.54) is 12.1 Å². The lowest BCUT2D eigenvalue weighted by atomic mass is 9.85. The van der Waals surface area contributed by atoms with Crippen molar-refractivity contribution < 1.29 is 22.9 Å². The summed E-state index contributed by atoms with van der Waals surface area (Å²) in [6.45, 7) is 1.84. The largest absolute Gasteiger partial charge is 0.481 e. The molecule has 1 aromatic rings. The summed E-state index contributed by atoms with van der Waals surface area (Å²) >= 11 is 0. The number of aliphatic carboxylic acids is 1. The van der Waals surface area contributed by atoms with E-state index in [2.05, 4.69) is 0 Å². The minimum Gasteiger partial charge on any atom is -0.481 e. The van der Waals surface area contributed by atoms with Crippen LogP contribution in [0.2, 0.25) is 0 Å². The van der Waals surface area contributed by atoms with Crippen LogP contribution in [0.1, 0.15) is 31.2 Å². The molecule has 0 aliphatic heterocycles. The predicted molar refractivity (Wildman–Crippen MR) is 78.6 cm³/mol. The van der Waals surface area contributed by atoms with Gasteiger partial charge < -0.3 is 10.8 Å². The highest BCUT2D eigenvalue weighted by Crippen LogP contribution is 2.22. The van der Waals surface area contributed by atoms with Crippen molar-refractivity contribution >= 4 is 16.1 Å². The third-order valence-corrected chi connectivity index (χ3v) is 4.32. The van der Waals surface area contributed by atoms with E-state index in [1.807, 2.05) is 6.92 Å². The first kappa shape index (κ1) is 17.6. The Balaban J connectivity index is 0.000000211. The summed E-state index contributed by atoms with van der Waals surface area (Å²) in [7, 11) is -4.02. The Morgan fingerprint density at radius 3 is 2.10 bits per heavy atom. The van der Waals surface area contributed by atoms with Gasteiger partial charge in [-0.1, -0.05) is 30.5 Å². The maximum atomic E-state index is 10.5. The minimum absolute atomic E-state index is 0.0666. The molecule has 2 unspecified atom stereocenters. The highest BCUT2D eigenvalue weighted by atomic mass is 32.2. The molecular weight excluding hydrogens is 294 g/mol. The number of hydrogen-bond acceptors (Lipinski definition) is 4. The summed E-state index contributed by atoms with van der Waals surface area (Å²) in [6.07, 6.45) is 3.74. The van der Waals surface area contributed by atoms with Crippen LogP contribution in [0, 0.1) is 12.8 Å². The number of hydrogen-bond donors (Lipinski definition) is 3. The molecule has 0 bridgehead atoms. The van der Waals surface area contributed by atoms with Crippen molar-refractivity contribution in [1.29, 1.82) is 0 Å². The van der Waals surface area contributed by atoms with Gasteiger partial charge in [0.15, 0.2) is 0 Å². The molecule has 0 radical (unpaired) electrons. The quantitative estimate of drug-likeness (QED) is 0.717. The summed E-state index contributed by atoms with van der Waals surface area (Å²) in [5.74, 6) is -1.01. The van der Waals surface area contributed by atoms with Crippen LogP contribution >= 0.6 is 0 Å². The third kappa shape index (κ3) is 5.82. The lowest BCUT2D eigenvalue weighted by molar-refractivity contribution is -0.143. The number of carbonyl (C=O) groups is 1. The molecule has 2 atom stereocenters. The molecule has 0 saturated heterocycles. The van der Waals surface area contributed by atoms with Crippen LogP contribution in [0.3, 0.4) is 0 Å². The van der Waals surface area contributed by atoms with Gasteiger partial charge in [0.2, 0.25) is 0 Å². The maximum Gasteiger partial charge on any atom is 0.308 e. The first-order chi connectivity index (χ1) is 9.71. The van der Waals surface area contributed by atoms with Crippen molar-refractivity contribution in [2.24, 2.45) is 11.7 Å². The first-order valence-corrected chi connectivity index (χ1v) is 8.18. The Labute approximate surface area is 124 Å². The average Bonchev–Trinajstić information content (AvgIpc) is 2.39. The van der Waals surface area contributed by atoms with Crippen LogP contribution < -0.4 is 5.73 Å². The number of benzene rings is 1. The van der Waals surface area contributed by atoms with E-state index in [0.29, 0.717) is 0 Å². The van der Waals surface area contributed by atoms with Gasteiger partial charge in [0.1, 0.15) is 0 Å². The Morgan fingerprint density at radius 1 is 1.19 bits per heavy atom. The highest BCUT2D eigenvalue weighted by Gasteiger charge is 2.27. The van der Waals surface area contributed by atoms with E-state index >= 15 is 0 Å². The maximum absolute atomic E-state index is 10.5. The van der Waals surface area contributed by atoms with Crippen LogP contribution in [0.4, 0.5) is 0 Å². The Hall–Kier alpha value is -1.44. The fourth-order valence-electron chi connectivity index (χ4n) is 2.18. The summed E-state index contributed by atoms with van der Waals surface area (Å²) in [6, 6.07) is 5.88. The lowest BCUT2D eigenvalue weighted by Crippen LogP contribution is -2.37. The fraction of sp³-hybridized carbons (Fsp3) is 0.500. The van der Waals surface area contributed by atoms with E-state index in [-0.39, 0.29) is 16.9 Å². The van der Waals surface area contributed by atoms with Gasteiger partial charge in [0, 0.05) is 6.04 Å². The Bertz CT molecular complexity index is 568. The van der Waals surface area contributed by atoms with E-state index in [0.717, 1.165) is 31.2 Å². The number of nitrogens with two attached hydrogens (primary N) is 1. The molecule has 21 heavy (non-hydrogen) atoms. The van der Waals surface area contributed by atoms with Crippen LogP contribution in [0.25, 0.3) is 0 Å². The van der Waals surface area contributed by atoms with E-state index in [9.17, 15) is 13.2 Å². The number of rotatable bonds is 2. The number of carboxylic acid groups (broad SMARTS) is 1. The van der Waals surface area contributed by atoms with Gasteiger partial charge in [-0.15, -0.1) is 0 Å². The fourth-order valence-corrected chi connectivity index (χ4v) is 2.66. The molecule has 0 amide bonds. The summed E-state index contributed by atoms with van der Waals surface area (Å²) in [5.41, 5.74) is 6.56. The molecule has 1 aliphatic rings. The van der Waals surface area contributed by atoms with Crippen molar-refractivity contribution in [3.05, 3.63) is 29.8 Å². The lowest BCUT2D eigenvalue weighted by Gasteiger charge is -2.24. The second-order valence-corrected chi connectivity index (χ2v) is 6.60. The second kappa shape index (κ2) is 7.53. The van der Waals surface area contributed by atoms with E-state index in [1.54, 1.807) is 12.1 Å². The van der Waals surface area contributed by atoms with E-state index < -0.39 is 16.1 Å². The highest BCUT2D eigenvalue weighted by molar-refractivity contribution is 7.85. The third-order valence-electron chi connectivity index (χ3n) is 3.46. The average molecular weight is 315 g/mol. The zero-order valence-electron chi connectivity index (χ0n) is 11.9. The van der Waals surface area contributed by atoms with Crippen LogP contribution in [-0.4, -0.2) is 30.1 Å². The molecule has 4 N–H and O–H groups in total. The summed E-state index contributed by atoms with van der Waals surface area (Å²) in [4.78, 5) is 10.4. The molecule has 1 saturated carbocycles. The van der Waals surface area contributed by atoms with Crippen LogP contribution in [-0.2, 0) is 14.9 Å². The molecule has 7 heteroatoms. The molecule has 6 nitrogen and oxygen atoms in total. The molecule has 0 aromatic heterocycles. The summed E-state index contributed by atoms with van der Waals surface area (Å²) < 4.78 is 29.6. The van der Waals surface area contributed by atoms with Gasteiger partial charge in [-0.3, -0.25) is 9.35 Å². The Kier molecular flexibility index (Phi) is 6.32. The molecule has 1 aromatic carbocycles. The predicted octanol–water partition coefficient (Wildman–Crippen LogP) is 1.83. The first-order valence-electron chi connectivity index (χ1n) is 6.74. The van der Waals surface area contributed by atoms with Crippen molar-refractivity contribution in [3.63, 3.8) is 0 Å². The van der Waals surface area contributed by atoms with Gasteiger partial charge in [-0.2, -0.15) is 8.42 Å². The normalized spacial score (nSPS) is 22.0. The van der Waals surface area contributed by atoms with E-state index in [4.69, 9.17) is 15.4 Å². The standard InChI is InChI=1S/C7H13NO2.C7H8O3S/c8-6-4-2-1-3-5(6)7(9)10;1-6-2-4-7(5-3-6)11(8,9)10/h5-6H,1-4,8H2,(H,9,10);2-5H,1H3,(H,8,9,10). The van der Waals surface area contributed by atoms with Crippen molar-refractivity contribution in [1.82, 2.24) is 0 Å². The molecule has 0 heterocycles. The van der Waals surface area contributed by atoms with Crippen molar-refractivity contribution in [3.8, 4) is 0 Å². The smallest absolute Gasteiger partial charge is 0.308 e. The van der Waals surface area contributed by atoms with Gasteiger partial charge in [0.25, 0.3) is 10.1 Å².